The van der Waals surface area contributed by atoms with Crippen LogP contribution in [-0.4, -0.2) is 91.9 Å². The topological polar surface area (TPSA) is 81.7 Å². The van der Waals surface area contributed by atoms with Crippen molar-refractivity contribution in [1.82, 2.24) is 0 Å². The van der Waals surface area contributed by atoms with Gasteiger partial charge in [0.25, 0.3) is 0 Å². The molecular weight excluding hydrogens is 548 g/mol. The summed E-state index contributed by atoms with van der Waals surface area (Å²) in [5.74, 6) is -0.0971. The van der Waals surface area contributed by atoms with E-state index in [1.165, 1.54) is 77.0 Å². The molecular formula is C35H70O8. The maximum Gasteiger partial charge on any atom is 0.308 e. The van der Waals surface area contributed by atoms with Crippen LogP contribution in [0.25, 0.3) is 0 Å². The lowest BCUT2D eigenvalue weighted by molar-refractivity contribution is -0.150. The quantitative estimate of drug-likeness (QED) is 0.0513. The Morgan fingerprint density at radius 2 is 0.721 bits per heavy atom. The van der Waals surface area contributed by atoms with Crippen LogP contribution in [-0.2, 0) is 38.0 Å². The molecule has 0 aliphatic rings. The van der Waals surface area contributed by atoms with Gasteiger partial charge in [-0.1, -0.05) is 111 Å². The fourth-order valence-electron chi connectivity index (χ4n) is 4.68. The Morgan fingerprint density at radius 3 is 1.09 bits per heavy atom. The summed E-state index contributed by atoms with van der Waals surface area (Å²) in [7, 11) is 0. The fraction of sp³-hybridized carbons (Fsp3) is 0.971. The van der Waals surface area contributed by atoms with Gasteiger partial charge in [-0.05, 0) is 19.3 Å². The van der Waals surface area contributed by atoms with E-state index in [0.717, 1.165) is 38.7 Å². The first-order valence-corrected chi connectivity index (χ1v) is 17.9. The number of hydrogen-bond donors (Lipinski definition) is 0. The summed E-state index contributed by atoms with van der Waals surface area (Å²) in [6.07, 6.45) is 21.7. The highest BCUT2D eigenvalue weighted by Gasteiger charge is 2.16. The molecule has 0 heterocycles. The van der Waals surface area contributed by atoms with Crippen LogP contribution in [0.1, 0.15) is 130 Å². The lowest BCUT2D eigenvalue weighted by Gasteiger charge is -2.13. The molecule has 0 aliphatic heterocycles. The van der Waals surface area contributed by atoms with Gasteiger partial charge >= 0.3 is 5.97 Å². The molecule has 0 aliphatic carbocycles. The molecule has 0 saturated carbocycles. The molecule has 0 aromatic carbocycles. The second kappa shape index (κ2) is 37.4. The van der Waals surface area contributed by atoms with Crippen molar-refractivity contribution in [2.45, 2.75) is 130 Å². The molecule has 0 spiro atoms. The summed E-state index contributed by atoms with van der Waals surface area (Å²) < 4.78 is 38.5. The van der Waals surface area contributed by atoms with Crippen LogP contribution in [0, 0.1) is 5.92 Å². The maximum absolute atomic E-state index is 12.0. The van der Waals surface area contributed by atoms with Crippen LogP contribution in [0.5, 0.6) is 0 Å². The first kappa shape index (κ1) is 42.2. The van der Waals surface area contributed by atoms with Gasteiger partial charge in [-0.25, -0.2) is 0 Å². The normalized spacial score (nSPS) is 12.2. The van der Waals surface area contributed by atoms with Crippen LogP contribution in [0.4, 0.5) is 0 Å². The van der Waals surface area contributed by atoms with E-state index in [0.29, 0.717) is 79.3 Å². The molecule has 0 N–H and O–H groups in total. The summed E-state index contributed by atoms with van der Waals surface area (Å²) in [6, 6.07) is 0. The van der Waals surface area contributed by atoms with Gasteiger partial charge in [0, 0.05) is 6.61 Å². The van der Waals surface area contributed by atoms with E-state index in [4.69, 9.17) is 33.2 Å². The molecule has 0 aromatic rings. The van der Waals surface area contributed by atoms with Gasteiger partial charge in [0.1, 0.15) is 6.61 Å². The van der Waals surface area contributed by atoms with Crippen molar-refractivity contribution in [3.63, 3.8) is 0 Å². The SMILES string of the molecule is CCCCCCCCCCCCCCCOCCOCCOCCOCCOCCOCCOC(=O)C(CC)CCCC. The number of carbonyl (C=O) groups is 1. The van der Waals surface area contributed by atoms with Gasteiger partial charge in [0.2, 0.25) is 0 Å². The van der Waals surface area contributed by atoms with Crippen LogP contribution in [0.2, 0.25) is 0 Å². The minimum absolute atomic E-state index is 0.00976. The summed E-state index contributed by atoms with van der Waals surface area (Å²) >= 11 is 0. The number of ether oxygens (including phenoxy) is 7. The molecule has 0 saturated heterocycles. The van der Waals surface area contributed by atoms with Crippen molar-refractivity contribution in [2.75, 3.05) is 85.9 Å². The molecule has 258 valence electrons. The summed E-state index contributed by atoms with van der Waals surface area (Å²) in [4.78, 5) is 12.0. The lowest BCUT2D eigenvalue weighted by Crippen LogP contribution is -2.20. The summed E-state index contributed by atoms with van der Waals surface area (Å²) in [5.41, 5.74) is 0. The van der Waals surface area contributed by atoms with Gasteiger partial charge in [-0.3, -0.25) is 4.79 Å². The molecule has 1 unspecified atom stereocenters. The largest absolute Gasteiger partial charge is 0.463 e. The highest BCUT2D eigenvalue weighted by atomic mass is 16.6. The van der Waals surface area contributed by atoms with E-state index in [2.05, 4.69) is 13.8 Å². The van der Waals surface area contributed by atoms with E-state index >= 15 is 0 Å². The number of esters is 1. The molecule has 0 radical (unpaired) electrons. The Hall–Kier alpha value is -0.770. The molecule has 0 rings (SSSR count). The average Bonchev–Trinajstić information content (AvgIpc) is 3.02. The van der Waals surface area contributed by atoms with Crippen LogP contribution in [0.3, 0.4) is 0 Å². The zero-order valence-electron chi connectivity index (χ0n) is 28.6. The Labute approximate surface area is 265 Å². The molecule has 0 amide bonds. The fourth-order valence-corrected chi connectivity index (χ4v) is 4.68. The zero-order valence-corrected chi connectivity index (χ0v) is 28.6. The third kappa shape index (κ3) is 34.0. The zero-order chi connectivity index (χ0) is 31.3. The standard InChI is InChI=1S/C35H70O8/c1-4-7-9-10-11-12-13-14-15-16-17-18-19-21-37-22-23-38-24-25-39-26-27-40-28-29-41-30-31-42-32-33-43-35(36)34(6-3)20-8-5-2/h34H,4-33H2,1-3H3. The van der Waals surface area contributed by atoms with E-state index in [1.807, 2.05) is 6.92 Å². The predicted octanol–water partition coefficient (Wildman–Crippen LogP) is 7.94. The van der Waals surface area contributed by atoms with Crippen molar-refractivity contribution < 1.29 is 38.0 Å². The molecule has 8 heteroatoms. The van der Waals surface area contributed by atoms with Crippen molar-refractivity contribution in [3.8, 4) is 0 Å². The Morgan fingerprint density at radius 1 is 0.395 bits per heavy atom. The van der Waals surface area contributed by atoms with Crippen LogP contribution in [0.15, 0.2) is 0 Å². The molecule has 0 fully saturated rings. The number of hydrogen-bond acceptors (Lipinski definition) is 8. The van der Waals surface area contributed by atoms with Crippen molar-refractivity contribution in [2.24, 2.45) is 5.92 Å². The number of rotatable bonds is 37. The van der Waals surface area contributed by atoms with E-state index < -0.39 is 0 Å². The van der Waals surface area contributed by atoms with Crippen molar-refractivity contribution in [1.29, 1.82) is 0 Å². The van der Waals surface area contributed by atoms with Gasteiger partial charge in [0.15, 0.2) is 0 Å². The van der Waals surface area contributed by atoms with Crippen LogP contribution >= 0.6 is 0 Å². The third-order valence-electron chi connectivity index (χ3n) is 7.46. The van der Waals surface area contributed by atoms with Gasteiger partial charge in [-0.15, -0.1) is 0 Å². The molecule has 0 bridgehead atoms. The van der Waals surface area contributed by atoms with E-state index in [-0.39, 0.29) is 11.9 Å². The minimum atomic E-state index is -0.107. The van der Waals surface area contributed by atoms with Crippen LogP contribution < -0.4 is 0 Å². The van der Waals surface area contributed by atoms with Crippen molar-refractivity contribution >= 4 is 5.97 Å². The third-order valence-corrected chi connectivity index (χ3v) is 7.46. The highest BCUT2D eigenvalue weighted by Crippen LogP contribution is 2.14. The lowest BCUT2D eigenvalue weighted by atomic mass is 10.00. The van der Waals surface area contributed by atoms with E-state index in [1.54, 1.807) is 0 Å². The summed E-state index contributed by atoms with van der Waals surface area (Å²) in [5, 5.41) is 0. The number of carbonyl (C=O) groups excluding carboxylic acids is 1. The Balaban J connectivity index is 3.14. The number of unbranched alkanes of at least 4 members (excludes halogenated alkanes) is 13. The molecule has 0 aromatic heterocycles. The highest BCUT2D eigenvalue weighted by molar-refractivity contribution is 5.72. The van der Waals surface area contributed by atoms with E-state index in [9.17, 15) is 4.79 Å². The molecule has 43 heavy (non-hydrogen) atoms. The maximum atomic E-state index is 12.0. The average molecular weight is 619 g/mol. The second-order valence-corrected chi connectivity index (χ2v) is 11.3. The Bertz CT molecular complexity index is 534. The van der Waals surface area contributed by atoms with Crippen molar-refractivity contribution in [3.05, 3.63) is 0 Å². The second-order valence-electron chi connectivity index (χ2n) is 11.3. The molecule has 8 nitrogen and oxygen atoms in total. The summed E-state index contributed by atoms with van der Waals surface area (Å²) in [6.45, 7) is 13.4. The predicted molar refractivity (Wildman–Crippen MR) is 175 cm³/mol. The Kier molecular flexibility index (Phi) is 36.7. The molecule has 1 atom stereocenters. The first-order valence-electron chi connectivity index (χ1n) is 17.9. The van der Waals surface area contributed by atoms with Gasteiger partial charge in [0.05, 0.1) is 78.6 Å². The first-order chi connectivity index (χ1) is 21.3. The van der Waals surface area contributed by atoms with Gasteiger partial charge < -0.3 is 33.2 Å². The monoisotopic (exact) mass is 619 g/mol. The smallest absolute Gasteiger partial charge is 0.308 e. The minimum Gasteiger partial charge on any atom is -0.463 e. The van der Waals surface area contributed by atoms with Gasteiger partial charge in [-0.2, -0.15) is 0 Å².